The van der Waals surface area contributed by atoms with E-state index < -0.39 is 24.0 Å². The van der Waals surface area contributed by atoms with Crippen LogP contribution < -0.4 is 5.73 Å². The van der Waals surface area contributed by atoms with E-state index in [1.165, 1.54) is 9.80 Å². The fourth-order valence-corrected chi connectivity index (χ4v) is 2.99. The number of primary amides is 1. The average Bonchev–Trinajstić information content (AvgIpc) is 2.95. The standard InChI is InChI=1S/C13H21N3O5/c1-15(10-7-21-6-9(10)12(18)19)11(17)8-3-2-4-16(5-8)13(14)20/h8-10H,2-7H2,1H3,(H2,14,20)(H,18,19). The topological polar surface area (TPSA) is 113 Å². The quantitative estimate of drug-likeness (QED) is 0.718. The van der Waals surface area contributed by atoms with Crippen LogP contribution in [0.5, 0.6) is 0 Å². The summed E-state index contributed by atoms with van der Waals surface area (Å²) in [6.07, 6.45) is 1.40. The molecule has 2 aliphatic heterocycles. The molecule has 2 fully saturated rings. The zero-order chi connectivity index (χ0) is 15.6. The number of carboxylic acids is 1. The molecule has 0 aromatic carbocycles. The Morgan fingerprint density at radius 2 is 2.05 bits per heavy atom. The van der Waals surface area contributed by atoms with Gasteiger partial charge in [-0.05, 0) is 12.8 Å². The number of ether oxygens (including phenoxy) is 1. The monoisotopic (exact) mass is 299 g/mol. The van der Waals surface area contributed by atoms with Crippen LogP contribution in [0.15, 0.2) is 0 Å². The number of hydrogen-bond donors (Lipinski definition) is 2. The molecule has 0 bridgehead atoms. The van der Waals surface area contributed by atoms with E-state index in [9.17, 15) is 14.4 Å². The molecule has 0 saturated carbocycles. The van der Waals surface area contributed by atoms with E-state index in [0.717, 1.165) is 6.42 Å². The second-order valence-corrected chi connectivity index (χ2v) is 5.62. The first kappa shape index (κ1) is 15.6. The largest absolute Gasteiger partial charge is 0.481 e. The van der Waals surface area contributed by atoms with E-state index >= 15 is 0 Å². The predicted molar refractivity (Wildman–Crippen MR) is 72.4 cm³/mol. The Morgan fingerprint density at radius 1 is 1.33 bits per heavy atom. The van der Waals surface area contributed by atoms with Gasteiger partial charge in [0.25, 0.3) is 0 Å². The van der Waals surface area contributed by atoms with Crippen molar-refractivity contribution in [1.29, 1.82) is 0 Å². The second kappa shape index (κ2) is 6.30. The van der Waals surface area contributed by atoms with Crippen LogP contribution >= 0.6 is 0 Å². The van der Waals surface area contributed by atoms with Crippen LogP contribution in [0.2, 0.25) is 0 Å². The van der Waals surface area contributed by atoms with Crippen molar-refractivity contribution in [2.24, 2.45) is 17.6 Å². The van der Waals surface area contributed by atoms with E-state index in [4.69, 9.17) is 15.6 Å². The number of amides is 3. The smallest absolute Gasteiger partial charge is 0.314 e. The van der Waals surface area contributed by atoms with Crippen molar-refractivity contribution in [3.05, 3.63) is 0 Å². The first-order valence-electron chi connectivity index (χ1n) is 7.03. The van der Waals surface area contributed by atoms with Gasteiger partial charge in [-0.3, -0.25) is 9.59 Å². The molecule has 2 aliphatic rings. The van der Waals surface area contributed by atoms with Gasteiger partial charge in [-0.2, -0.15) is 0 Å². The van der Waals surface area contributed by atoms with Gasteiger partial charge in [0.15, 0.2) is 0 Å². The molecule has 3 unspecified atom stereocenters. The van der Waals surface area contributed by atoms with E-state index in [1.807, 2.05) is 0 Å². The van der Waals surface area contributed by atoms with Crippen molar-refractivity contribution in [3.63, 3.8) is 0 Å². The van der Waals surface area contributed by atoms with Crippen molar-refractivity contribution in [3.8, 4) is 0 Å². The van der Waals surface area contributed by atoms with E-state index in [-0.39, 0.29) is 25.0 Å². The van der Waals surface area contributed by atoms with E-state index in [0.29, 0.717) is 19.5 Å². The number of hydrogen-bond acceptors (Lipinski definition) is 4. The minimum absolute atomic E-state index is 0.121. The molecule has 0 aliphatic carbocycles. The molecule has 3 amide bonds. The second-order valence-electron chi connectivity index (χ2n) is 5.62. The highest BCUT2D eigenvalue weighted by Gasteiger charge is 2.40. The third-order valence-electron chi connectivity index (χ3n) is 4.30. The number of likely N-dealkylation sites (tertiary alicyclic amines) is 1. The third-order valence-corrected chi connectivity index (χ3v) is 4.30. The summed E-state index contributed by atoms with van der Waals surface area (Å²) in [6, 6.07) is -0.985. The summed E-state index contributed by atoms with van der Waals surface area (Å²) in [5, 5.41) is 9.15. The van der Waals surface area contributed by atoms with Gasteiger partial charge in [0.2, 0.25) is 5.91 Å². The van der Waals surface area contributed by atoms with Crippen LogP contribution in [0, 0.1) is 11.8 Å². The zero-order valence-corrected chi connectivity index (χ0v) is 12.0. The first-order chi connectivity index (χ1) is 9.91. The van der Waals surface area contributed by atoms with Crippen molar-refractivity contribution >= 4 is 17.9 Å². The van der Waals surface area contributed by atoms with Crippen LogP contribution in [0.3, 0.4) is 0 Å². The Balaban J connectivity index is 2.01. The van der Waals surface area contributed by atoms with Crippen molar-refractivity contribution in [1.82, 2.24) is 9.80 Å². The fraction of sp³-hybridized carbons (Fsp3) is 0.769. The summed E-state index contributed by atoms with van der Waals surface area (Å²) < 4.78 is 5.19. The molecular weight excluding hydrogens is 278 g/mol. The van der Waals surface area contributed by atoms with E-state index in [1.54, 1.807) is 7.05 Å². The number of nitrogens with zero attached hydrogens (tertiary/aromatic N) is 2. The Labute approximate surface area is 122 Å². The Kier molecular flexibility index (Phi) is 4.66. The molecule has 0 radical (unpaired) electrons. The van der Waals surface area contributed by atoms with E-state index in [2.05, 4.69) is 0 Å². The number of carbonyl (C=O) groups excluding carboxylic acids is 2. The maximum atomic E-state index is 12.5. The first-order valence-corrected chi connectivity index (χ1v) is 7.03. The molecule has 8 nitrogen and oxygen atoms in total. The van der Waals surface area contributed by atoms with Crippen molar-refractivity contribution < 1.29 is 24.2 Å². The highest BCUT2D eigenvalue weighted by molar-refractivity contribution is 5.82. The van der Waals surface area contributed by atoms with Gasteiger partial charge in [0.05, 0.1) is 25.2 Å². The van der Waals surface area contributed by atoms with Crippen LogP contribution in [0.4, 0.5) is 4.79 Å². The molecule has 2 rings (SSSR count). The molecule has 0 spiro atoms. The minimum Gasteiger partial charge on any atom is -0.481 e. The van der Waals surface area contributed by atoms with Crippen LogP contribution in [0.25, 0.3) is 0 Å². The lowest BCUT2D eigenvalue weighted by Crippen LogP contribution is -2.51. The van der Waals surface area contributed by atoms with Gasteiger partial charge in [-0.15, -0.1) is 0 Å². The Bertz CT molecular complexity index is 442. The van der Waals surface area contributed by atoms with Crippen molar-refractivity contribution in [2.45, 2.75) is 18.9 Å². The fourth-order valence-electron chi connectivity index (χ4n) is 2.99. The molecule has 118 valence electrons. The molecule has 21 heavy (non-hydrogen) atoms. The molecular formula is C13H21N3O5. The van der Waals surface area contributed by atoms with Crippen LogP contribution in [0.1, 0.15) is 12.8 Å². The van der Waals surface area contributed by atoms with Gasteiger partial charge in [-0.1, -0.05) is 0 Å². The highest BCUT2D eigenvalue weighted by Crippen LogP contribution is 2.24. The third kappa shape index (κ3) is 3.26. The van der Waals surface area contributed by atoms with Crippen molar-refractivity contribution in [2.75, 3.05) is 33.4 Å². The Morgan fingerprint density at radius 3 is 2.67 bits per heavy atom. The summed E-state index contributed by atoms with van der Waals surface area (Å²) in [6.45, 7) is 1.21. The maximum Gasteiger partial charge on any atom is 0.314 e. The summed E-state index contributed by atoms with van der Waals surface area (Å²) >= 11 is 0. The van der Waals surface area contributed by atoms with Crippen LogP contribution in [-0.4, -0.2) is 72.2 Å². The number of likely N-dealkylation sites (N-methyl/N-ethyl adjacent to an activating group) is 1. The average molecular weight is 299 g/mol. The number of carbonyl (C=O) groups is 3. The normalized spacial score (nSPS) is 29.2. The molecule has 3 atom stereocenters. The van der Waals surface area contributed by atoms with Gasteiger partial charge in [-0.25, -0.2) is 4.79 Å². The number of urea groups is 1. The molecule has 2 saturated heterocycles. The number of piperidine rings is 1. The van der Waals surface area contributed by atoms with Gasteiger partial charge >= 0.3 is 12.0 Å². The summed E-state index contributed by atoms with van der Waals surface area (Å²) in [5.74, 6) is -2.14. The lowest BCUT2D eigenvalue weighted by atomic mass is 9.94. The zero-order valence-electron chi connectivity index (χ0n) is 12.0. The number of rotatable bonds is 3. The Hall–Kier alpha value is -1.83. The summed E-state index contributed by atoms with van der Waals surface area (Å²) in [5.41, 5.74) is 5.25. The summed E-state index contributed by atoms with van der Waals surface area (Å²) in [4.78, 5) is 37.8. The number of aliphatic carboxylic acids is 1. The SMILES string of the molecule is CN(C(=O)C1CCCN(C(N)=O)C1)C1COCC1C(=O)O. The van der Waals surface area contributed by atoms with Gasteiger partial charge < -0.3 is 25.4 Å². The summed E-state index contributed by atoms with van der Waals surface area (Å²) in [7, 11) is 1.60. The molecule has 8 heteroatoms. The minimum atomic E-state index is -0.959. The maximum absolute atomic E-state index is 12.5. The predicted octanol–water partition coefficient (Wildman–Crippen LogP) is -0.665. The molecule has 3 N–H and O–H groups in total. The molecule has 0 aromatic heterocycles. The lowest BCUT2D eigenvalue weighted by molar-refractivity contribution is -0.145. The highest BCUT2D eigenvalue weighted by atomic mass is 16.5. The van der Waals surface area contributed by atoms with Gasteiger partial charge in [0, 0.05) is 20.1 Å². The number of nitrogens with two attached hydrogens (primary N) is 1. The van der Waals surface area contributed by atoms with Gasteiger partial charge in [0.1, 0.15) is 5.92 Å². The van der Waals surface area contributed by atoms with Crippen LogP contribution in [-0.2, 0) is 14.3 Å². The molecule has 2 heterocycles. The lowest BCUT2D eigenvalue weighted by Gasteiger charge is -2.35. The number of carboxylic acid groups (broad SMARTS) is 1. The molecule has 0 aromatic rings.